The summed E-state index contributed by atoms with van der Waals surface area (Å²) < 4.78 is 6.93. The molecule has 0 aromatic carbocycles. The largest absolute Gasteiger partial charge is 0.351 e. The number of nitrogens with zero attached hydrogens (tertiary/aromatic N) is 5. The number of aryl methyl sites for hydroxylation is 3. The highest BCUT2D eigenvalue weighted by atomic mass is 16.5. The van der Waals surface area contributed by atoms with Gasteiger partial charge in [0.25, 0.3) is 5.91 Å². The van der Waals surface area contributed by atoms with Crippen LogP contribution in [-0.2, 0) is 13.5 Å². The second kappa shape index (κ2) is 5.94. The fourth-order valence-corrected chi connectivity index (χ4v) is 3.00. The Morgan fingerprint density at radius 1 is 1.36 bits per heavy atom. The zero-order chi connectivity index (χ0) is 17.6. The summed E-state index contributed by atoms with van der Waals surface area (Å²) in [6.45, 7) is 4.19. The summed E-state index contributed by atoms with van der Waals surface area (Å²) in [5, 5.41) is 12.1. The number of hydrogen-bond acceptors (Lipinski definition) is 6. The number of nitrogens with one attached hydrogen (secondary N) is 1. The summed E-state index contributed by atoms with van der Waals surface area (Å²) in [6.07, 6.45) is 2.79. The van der Waals surface area contributed by atoms with Crippen molar-refractivity contribution in [2.24, 2.45) is 7.05 Å². The van der Waals surface area contributed by atoms with Crippen molar-refractivity contribution in [3.05, 3.63) is 34.7 Å². The van der Waals surface area contributed by atoms with Crippen molar-refractivity contribution in [2.75, 3.05) is 6.54 Å². The van der Waals surface area contributed by atoms with Crippen LogP contribution in [0.25, 0.3) is 11.0 Å². The van der Waals surface area contributed by atoms with E-state index >= 15 is 0 Å². The lowest BCUT2D eigenvalue weighted by molar-refractivity contribution is 0.0955. The summed E-state index contributed by atoms with van der Waals surface area (Å²) in [5.74, 6) is 1.68. The summed E-state index contributed by atoms with van der Waals surface area (Å²) >= 11 is 0. The van der Waals surface area contributed by atoms with Crippen molar-refractivity contribution in [2.45, 2.75) is 39.0 Å². The predicted octanol–water partition coefficient (Wildman–Crippen LogP) is 1.82. The number of fused-ring (bicyclic) bond motifs is 1. The molecule has 130 valence electrons. The van der Waals surface area contributed by atoms with Crippen molar-refractivity contribution in [1.82, 2.24) is 30.2 Å². The molecule has 0 unspecified atom stereocenters. The zero-order valence-electron chi connectivity index (χ0n) is 14.5. The number of pyridine rings is 1. The first-order chi connectivity index (χ1) is 12.0. The van der Waals surface area contributed by atoms with Crippen LogP contribution in [0.5, 0.6) is 0 Å². The smallest absolute Gasteiger partial charge is 0.252 e. The third kappa shape index (κ3) is 2.99. The van der Waals surface area contributed by atoms with Gasteiger partial charge in [0.2, 0.25) is 5.89 Å². The Kier molecular flexibility index (Phi) is 3.74. The number of hydrogen-bond donors (Lipinski definition) is 1. The number of amides is 1. The summed E-state index contributed by atoms with van der Waals surface area (Å²) in [5.41, 5.74) is 2.89. The highest BCUT2D eigenvalue weighted by Gasteiger charge is 2.28. The maximum atomic E-state index is 12.6. The molecular formula is C17H20N6O2. The van der Waals surface area contributed by atoms with E-state index in [2.05, 4.69) is 25.5 Å². The van der Waals surface area contributed by atoms with E-state index in [1.54, 1.807) is 10.7 Å². The lowest BCUT2D eigenvalue weighted by Crippen LogP contribution is -2.26. The second-order valence-corrected chi connectivity index (χ2v) is 6.55. The van der Waals surface area contributed by atoms with Gasteiger partial charge in [-0.05, 0) is 32.8 Å². The van der Waals surface area contributed by atoms with Crippen LogP contribution in [0.2, 0.25) is 0 Å². The van der Waals surface area contributed by atoms with E-state index in [1.165, 1.54) is 0 Å². The molecule has 1 fully saturated rings. The Morgan fingerprint density at radius 2 is 2.16 bits per heavy atom. The second-order valence-electron chi connectivity index (χ2n) is 6.55. The number of rotatable bonds is 5. The van der Waals surface area contributed by atoms with Gasteiger partial charge in [0.15, 0.2) is 11.5 Å². The minimum atomic E-state index is -0.145. The molecule has 25 heavy (non-hydrogen) atoms. The normalized spacial score (nSPS) is 14.2. The van der Waals surface area contributed by atoms with Gasteiger partial charge in [0.05, 0.1) is 16.6 Å². The summed E-state index contributed by atoms with van der Waals surface area (Å²) in [7, 11) is 1.83. The van der Waals surface area contributed by atoms with Gasteiger partial charge in [-0.15, -0.1) is 0 Å². The third-order valence-corrected chi connectivity index (χ3v) is 4.39. The van der Waals surface area contributed by atoms with Gasteiger partial charge >= 0.3 is 0 Å². The summed E-state index contributed by atoms with van der Waals surface area (Å²) in [4.78, 5) is 21.5. The molecule has 1 saturated carbocycles. The Balaban J connectivity index is 1.48. The lowest BCUT2D eigenvalue weighted by atomic mass is 10.1. The van der Waals surface area contributed by atoms with E-state index in [1.807, 2.05) is 20.9 Å². The number of aromatic nitrogens is 5. The van der Waals surface area contributed by atoms with Gasteiger partial charge in [-0.2, -0.15) is 10.1 Å². The number of carbonyl (C=O) groups excluding carboxylic acids is 1. The first-order valence-electron chi connectivity index (χ1n) is 8.44. The molecule has 1 amide bonds. The van der Waals surface area contributed by atoms with E-state index in [0.29, 0.717) is 36.0 Å². The number of carbonyl (C=O) groups is 1. The molecule has 8 heteroatoms. The fraction of sp³-hybridized carbons (Fsp3) is 0.471. The van der Waals surface area contributed by atoms with E-state index in [9.17, 15) is 4.79 Å². The Labute approximate surface area is 144 Å². The molecular weight excluding hydrogens is 320 g/mol. The molecule has 8 nitrogen and oxygen atoms in total. The molecule has 1 N–H and O–H groups in total. The van der Waals surface area contributed by atoms with Crippen LogP contribution in [0, 0.1) is 13.8 Å². The highest BCUT2D eigenvalue weighted by Crippen LogP contribution is 2.38. The van der Waals surface area contributed by atoms with Crippen LogP contribution < -0.4 is 5.32 Å². The summed E-state index contributed by atoms with van der Waals surface area (Å²) in [6, 6.07) is 1.80. The van der Waals surface area contributed by atoms with Crippen molar-refractivity contribution >= 4 is 16.9 Å². The molecule has 3 heterocycles. The maximum absolute atomic E-state index is 12.6. The third-order valence-electron chi connectivity index (χ3n) is 4.39. The molecule has 1 aliphatic rings. The highest BCUT2D eigenvalue weighted by molar-refractivity contribution is 6.06. The Morgan fingerprint density at radius 3 is 2.92 bits per heavy atom. The monoisotopic (exact) mass is 340 g/mol. The van der Waals surface area contributed by atoms with E-state index < -0.39 is 0 Å². The van der Waals surface area contributed by atoms with Crippen molar-refractivity contribution in [3.8, 4) is 0 Å². The SMILES string of the molecule is Cc1cc(C(=O)NCCc2nc(C3CC3)no2)c2c(C)nn(C)c2n1. The van der Waals surface area contributed by atoms with Gasteiger partial charge < -0.3 is 9.84 Å². The fourth-order valence-electron chi connectivity index (χ4n) is 3.00. The van der Waals surface area contributed by atoms with Crippen LogP contribution in [0.3, 0.4) is 0 Å². The van der Waals surface area contributed by atoms with Crippen molar-refractivity contribution in [1.29, 1.82) is 0 Å². The molecule has 0 radical (unpaired) electrons. The lowest BCUT2D eigenvalue weighted by Gasteiger charge is -2.07. The van der Waals surface area contributed by atoms with Crippen molar-refractivity contribution in [3.63, 3.8) is 0 Å². The average molecular weight is 340 g/mol. The van der Waals surface area contributed by atoms with Crippen LogP contribution in [0.15, 0.2) is 10.6 Å². The average Bonchev–Trinajstić information content (AvgIpc) is 3.25. The quantitative estimate of drug-likeness (QED) is 0.760. The van der Waals surface area contributed by atoms with E-state index in [-0.39, 0.29) is 5.91 Å². The predicted molar refractivity (Wildman–Crippen MR) is 90.3 cm³/mol. The molecule has 3 aromatic rings. The minimum absolute atomic E-state index is 0.145. The first-order valence-corrected chi connectivity index (χ1v) is 8.44. The topological polar surface area (TPSA) is 98.7 Å². The Hall–Kier alpha value is -2.77. The maximum Gasteiger partial charge on any atom is 0.252 e. The van der Waals surface area contributed by atoms with Crippen LogP contribution in [0.4, 0.5) is 0 Å². The van der Waals surface area contributed by atoms with Gasteiger partial charge in [0, 0.05) is 31.6 Å². The van der Waals surface area contributed by atoms with Crippen LogP contribution in [-0.4, -0.2) is 37.4 Å². The molecule has 0 spiro atoms. The van der Waals surface area contributed by atoms with Gasteiger partial charge in [-0.1, -0.05) is 5.16 Å². The van der Waals surface area contributed by atoms with Crippen LogP contribution in [0.1, 0.15) is 52.2 Å². The van der Waals surface area contributed by atoms with E-state index in [0.717, 1.165) is 35.4 Å². The first kappa shape index (κ1) is 15.7. The van der Waals surface area contributed by atoms with Crippen molar-refractivity contribution < 1.29 is 9.32 Å². The zero-order valence-corrected chi connectivity index (χ0v) is 14.5. The Bertz CT molecular complexity index is 954. The standard InChI is InChI=1S/C17H20N6O2/c1-9-8-12(14-10(2)21-23(3)16(14)19-9)17(24)18-7-6-13-20-15(22-25-13)11-4-5-11/h8,11H,4-7H2,1-3H3,(H,18,24). The van der Waals surface area contributed by atoms with Gasteiger partial charge in [0.1, 0.15) is 0 Å². The molecule has 3 aromatic heterocycles. The minimum Gasteiger partial charge on any atom is -0.351 e. The molecule has 0 atom stereocenters. The molecule has 1 aliphatic carbocycles. The van der Waals surface area contributed by atoms with E-state index in [4.69, 9.17) is 4.52 Å². The van der Waals surface area contributed by atoms with Gasteiger partial charge in [-0.3, -0.25) is 9.48 Å². The molecule has 0 aliphatic heterocycles. The molecule has 0 bridgehead atoms. The van der Waals surface area contributed by atoms with Crippen LogP contribution >= 0.6 is 0 Å². The molecule has 4 rings (SSSR count). The molecule has 0 saturated heterocycles. The van der Waals surface area contributed by atoms with Gasteiger partial charge in [-0.25, -0.2) is 4.98 Å².